The molecule has 0 saturated carbocycles. The monoisotopic (exact) mass is 496 g/mol. The van der Waals surface area contributed by atoms with E-state index >= 15 is 0 Å². The molecule has 0 aromatic heterocycles. The summed E-state index contributed by atoms with van der Waals surface area (Å²) in [5.41, 5.74) is 2.11. The first kappa shape index (κ1) is 24.7. The summed E-state index contributed by atoms with van der Waals surface area (Å²) in [4.78, 5) is 4.59. The van der Waals surface area contributed by atoms with Crippen LogP contribution in [0.4, 0.5) is 5.69 Å². The van der Waals surface area contributed by atoms with E-state index in [1.165, 1.54) is 17.5 Å². The molecule has 3 aromatic carbocycles. The smallest absolute Gasteiger partial charge is 0.245 e. The number of sulfonamides is 1. The first-order valence-electron chi connectivity index (χ1n) is 11.2. The van der Waals surface area contributed by atoms with Crippen molar-refractivity contribution in [2.45, 2.75) is 11.5 Å². The molecule has 1 saturated heterocycles. The highest BCUT2D eigenvalue weighted by atomic mass is 32.2. The summed E-state index contributed by atoms with van der Waals surface area (Å²) in [5, 5.41) is 0. The molecule has 8 nitrogen and oxygen atoms in total. The third kappa shape index (κ3) is 6.00. The SMILES string of the molecule is COc1ccc(N=Cc2ccc(OCc3ccccc3)c(OC)c2)c(S(=O)(=O)N2CCOCC2)c1. The Bertz CT molecular complexity index is 1270. The van der Waals surface area contributed by atoms with Crippen LogP contribution in [-0.4, -0.2) is 59.5 Å². The third-order valence-corrected chi connectivity index (χ3v) is 7.46. The second kappa shape index (κ2) is 11.4. The average Bonchev–Trinajstić information content (AvgIpc) is 2.91. The normalized spacial score (nSPS) is 14.7. The second-order valence-electron chi connectivity index (χ2n) is 7.79. The zero-order valence-corrected chi connectivity index (χ0v) is 20.5. The maximum atomic E-state index is 13.3. The molecule has 1 heterocycles. The average molecular weight is 497 g/mol. The summed E-state index contributed by atoms with van der Waals surface area (Å²) in [5.74, 6) is 1.60. The van der Waals surface area contributed by atoms with Crippen LogP contribution in [0.25, 0.3) is 0 Å². The highest BCUT2D eigenvalue weighted by Crippen LogP contribution is 2.32. The Balaban J connectivity index is 1.58. The molecule has 9 heteroatoms. The largest absolute Gasteiger partial charge is 0.497 e. The van der Waals surface area contributed by atoms with Crippen molar-refractivity contribution in [1.82, 2.24) is 4.31 Å². The van der Waals surface area contributed by atoms with E-state index in [4.69, 9.17) is 18.9 Å². The van der Waals surface area contributed by atoms with Gasteiger partial charge in [-0.3, -0.25) is 4.99 Å². The van der Waals surface area contributed by atoms with E-state index in [9.17, 15) is 8.42 Å². The van der Waals surface area contributed by atoms with Gasteiger partial charge in [-0.2, -0.15) is 4.31 Å². The zero-order valence-electron chi connectivity index (χ0n) is 19.7. The molecule has 0 bridgehead atoms. The first-order valence-corrected chi connectivity index (χ1v) is 12.6. The van der Waals surface area contributed by atoms with E-state index in [0.717, 1.165) is 11.1 Å². The maximum Gasteiger partial charge on any atom is 0.245 e. The topological polar surface area (TPSA) is 86.7 Å². The molecule has 184 valence electrons. The van der Waals surface area contributed by atoms with Crippen LogP contribution < -0.4 is 14.2 Å². The van der Waals surface area contributed by atoms with Gasteiger partial charge >= 0.3 is 0 Å². The van der Waals surface area contributed by atoms with Crippen molar-refractivity contribution >= 4 is 21.9 Å². The van der Waals surface area contributed by atoms with Gasteiger partial charge in [-0.15, -0.1) is 0 Å². The molecule has 0 amide bonds. The Kier molecular flexibility index (Phi) is 8.02. The van der Waals surface area contributed by atoms with Gasteiger partial charge in [0.15, 0.2) is 11.5 Å². The highest BCUT2D eigenvalue weighted by molar-refractivity contribution is 7.89. The predicted molar refractivity (Wildman–Crippen MR) is 134 cm³/mol. The van der Waals surface area contributed by atoms with Crippen molar-refractivity contribution in [3.8, 4) is 17.2 Å². The summed E-state index contributed by atoms with van der Waals surface area (Å²) in [6, 6.07) is 20.1. The zero-order chi connectivity index (χ0) is 24.7. The van der Waals surface area contributed by atoms with Gasteiger partial charge in [-0.25, -0.2) is 8.42 Å². The molecule has 0 N–H and O–H groups in total. The molecular formula is C26H28N2O6S. The molecule has 0 radical (unpaired) electrons. The standard InChI is InChI=1S/C26H28N2O6S/c1-31-22-9-10-23(26(17-22)35(29,30)28-12-14-33-15-13-28)27-18-21-8-11-24(25(16-21)32-2)34-19-20-6-4-3-5-7-20/h3-11,16-18H,12-15,19H2,1-2H3. The number of morpholine rings is 1. The van der Waals surface area contributed by atoms with E-state index in [2.05, 4.69) is 4.99 Å². The Morgan fingerprint density at radius 3 is 2.43 bits per heavy atom. The minimum atomic E-state index is -3.77. The van der Waals surface area contributed by atoms with Crippen LogP contribution >= 0.6 is 0 Å². The number of hydrogen-bond acceptors (Lipinski definition) is 7. The van der Waals surface area contributed by atoms with Crippen LogP contribution in [-0.2, 0) is 21.4 Å². The lowest BCUT2D eigenvalue weighted by atomic mass is 10.2. The van der Waals surface area contributed by atoms with Crippen molar-refractivity contribution < 1.29 is 27.4 Å². The summed E-state index contributed by atoms with van der Waals surface area (Å²) in [6.07, 6.45) is 1.60. The van der Waals surface area contributed by atoms with E-state index in [0.29, 0.717) is 55.8 Å². The van der Waals surface area contributed by atoms with Crippen molar-refractivity contribution in [2.24, 2.45) is 4.99 Å². The van der Waals surface area contributed by atoms with E-state index in [1.54, 1.807) is 31.5 Å². The van der Waals surface area contributed by atoms with Crippen molar-refractivity contribution in [1.29, 1.82) is 0 Å². The quantitative estimate of drug-likeness (QED) is 0.416. The minimum absolute atomic E-state index is 0.0878. The Morgan fingerprint density at radius 2 is 1.71 bits per heavy atom. The fourth-order valence-electron chi connectivity index (χ4n) is 3.62. The van der Waals surface area contributed by atoms with Crippen molar-refractivity contribution in [3.63, 3.8) is 0 Å². The van der Waals surface area contributed by atoms with Crippen LogP contribution in [0.5, 0.6) is 17.2 Å². The molecule has 0 aliphatic carbocycles. The van der Waals surface area contributed by atoms with Gasteiger partial charge in [0.2, 0.25) is 10.0 Å². The molecule has 35 heavy (non-hydrogen) atoms. The van der Waals surface area contributed by atoms with Gasteiger partial charge < -0.3 is 18.9 Å². The fourth-order valence-corrected chi connectivity index (χ4v) is 5.18. The van der Waals surface area contributed by atoms with Gasteiger partial charge in [0.1, 0.15) is 17.3 Å². The number of methoxy groups -OCH3 is 2. The minimum Gasteiger partial charge on any atom is -0.497 e. The number of ether oxygens (including phenoxy) is 4. The molecule has 0 spiro atoms. The molecule has 3 aromatic rings. The van der Waals surface area contributed by atoms with Gasteiger partial charge in [0.05, 0.1) is 33.1 Å². The second-order valence-corrected chi connectivity index (χ2v) is 9.70. The van der Waals surface area contributed by atoms with E-state index in [-0.39, 0.29) is 4.90 Å². The van der Waals surface area contributed by atoms with Crippen LogP contribution in [0.15, 0.2) is 76.6 Å². The summed E-state index contributed by atoms with van der Waals surface area (Å²) >= 11 is 0. The molecule has 0 unspecified atom stereocenters. The van der Waals surface area contributed by atoms with E-state index in [1.807, 2.05) is 42.5 Å². The van der Waals surface area contributed by atoms with Gasteiger partial charge in [0, 0.05) is 25.4 Å². The molecule has 1 aliphatic heterocycles. The van der Waals surface area contributed by atoms with Crippen molar-refractivity contribution in [2.75, 3.05) is 40.5 Å². The van der Waals surface area contributed by atoms with Gasteiger partial charge in [-0.1, -0.05) is 30.3 Å². The Hall–Kier alpha value is -3.40. The molecule has 4 rings (SSSR count). The Morgan fingerprint density at radius 1 is 0.943 bits per heavy atom. The van der Waals surface area contributed by atoms with Gasteiger partial charge in [0.25, 0.3) is 0 Å². The lowest BCUT2D eigenvalue weighted by molar-refractivity contribution is 0.0730. The van der Waals surface area contributed by atoms with Crippen molar-refractivity contribution in [3.05, 3.63) is 77.9 Å². The maximum absolute atomic E-state index is 13.3. The van der Waals surface area contributed by atoms with E-state index < -0.39 is 10.0 Å². The third-order valence-electron chi connectivity index (χ3n) is 5.53. The number of nitrogens with zero attached hydrogens (tertiary/aromatic N) is 2. The lowest BCUT2D eigenvalue weighted by Crippen LogP contribution is -2.40. The van der Waals surface area contributed by atoms with Crippen LogP contribution in [0.2, 0.25) is 0 Å². The molecule has 1 aliphatic rings. The van der Waals surface area contributed by atoms with Crippen LogP contribution in [0.1, 0.15) is 11.1 Å². The number of hydrogen-bond donors (Lipinski definition) is 0. The molecule has 0 atom stereocenters. The first-order chi connectivity index (χ1) is 17.0. The summed E-state index contributed by atoms with van der Waals surface area (Å²) in [7, 11) is -0.699. The number of aliphatic imine (C=N–C) groups is 1. The Labute approximate surface area is 205 Å². The summed E-state index contributed by atoms with van der Waals surface area (Å²) in [6.45, 7) is 1.73. The molecule has 1 fully saturated rings. The predicted octanol–water partition coefficient (Wildman–Crippen LogP) is 4.05. The van der Waals surface area contributed by atoms with Crippen LogP contribution in [0, 0.1) is 0 Å². The van der Waals surface area contributed by atoms with Crippen LogP contribution in [0.3, 0.4) is 0 Å². The highest BCUT2D eigenvalue weighted by Gasteiger charge is 2.29. The summed E-state index contributed by atoms with van der Waals surface area (Å²) < 4.78 is 50.0. The van der Waals surface area contributed by atoms with Gasteiger partial charge in [-0.05, 0) is 41.5 Å². The lowest BCUT2D eigenvalue weighted by Gasteiger charge is -2.26. The number of rotatable bonds is 9. The number of benzene rings is 3. The fraction of sp³-hybridized carbons (Fsp3) is 0.269. The molecular weight excluding hydrogens is 468 g/mol.